The highest BCUT2D eigenvalue weighted by molar-refractivity contribution is 6.29. The van der Waals surface area contributed by atoms with Crippen LogP contribution in [-0.4, -0.2) is 28.2 Å². The number of nitrogens with zero attached hydrogens (tertiary/aromatic N) is 2. The summed E-state index contributed by atoms with van der Waals surface area (Å²) in [6.45, 7) is 0. The quantitative estimate of drug-likeness (QED) is 0.855. The Hall–Kier alpha value is -1.58. The normalized spacial score (nSPS) is 12.6. The van der Waals surface area contributed by atoms with E-state index in [0.717, 1.165) is 12.4 Å². The zero-order chi connectivity index (χ0) is 14.8. The molecule has 1 aromatic heterocycles. The fourth-order valence-electron chi connectivity index (χ4n) is 1.06. The Balaban J connectivity index is 2.93. The maximum absolute atomic E-state index is 12.2. The lowest BCUT2D eigenvalue weighted by Gasteiger charge is -2.21. The number of aromatic nitrogens is 2. The molecular weight excluding hydrogens is 304 g/mol. The Morgan fingerprint density at radius 2 is 1.63 bits per heavy atom. The lowest BCUT2D eigenvalue weighted by molar-refractivity contribution is -0.272. The molecule has 0 unspecified atom stereocenters. The summed E-state index contributed by atoms with van der Waals surface area (Å²) >= 11 is 5.31. The van der Waals surface area contributed by atoms with Gasteiger partial charge in [-0.3, -0.25) is 4.79 Å². The fraction of sp³-hybridized carbons (Fsp3) is 0.375. The van der Waals surface area contributed by atoms with Crippen molar-refractivity contribution in [2.75, 3.05) is 5.32 Å². The average molecular weight is 308 g/mol. The van der Waals surface area contributed by atoms with E-state index < -0.39 is 30.0 Å². The molecule has 0 saturated carbocycles. The summed E-state index contributed by atoms with van der Waals surface area (Å²) in [5.74, 6) is -7.01. The summed E-state index contributed by atoms with van der Waals surface area (Å²) in [6.07, 6.45) is -9.94. The number of amides is 1. The second kappa shape index (κ2) is 5.19. The number of hydrogen-bond acceptors (Lipinski definition) is 3. The molecule has 1 aromatic rings. The van der Waals surface area contributed by atoms with E-state index in [1.54, 1.807) is 0 Å². The number of carbonyl (C=O) groups is 1. The SMILES string of the molecule is O=C(Nc1cnc(Cl)cn1)C(C(F)(F)F)C(F)(F)F. The lowest BCUT2D eigenvalue weighted by atomic mass is 10.1. The summed E-state index contributed by atoms with van der Waals surface area (Å²) in [7, 11) is 0. The molecule has 0 aliphatic carbocycles. The van der Waals surface area contributed by atoms with Gasteiger partial charge in [0.15, 0.2) is 5.82 Å². The highest BCUT2D eigenvalue weighted by Gasteiger charge is 2.61. The van der Waals surface area contributed by atoms with Gasteiger partial charge in [0.25, 0.3) is 0 Å². The van der Waals surface area contributed by atoms with E-state index in [4.69, 9.17) is 11.6 Å². The van der Waals surface area contributed by atoms with Crippen LogP contribution in [-0.2, 0) is 4.79 Å². The summed E-state index contributed by atoms with van der Waals surface area (Å²) in [6, 6.07) is 0. The summed E-state index contributed by atoms with van der Waals surface area (Å²) < 4.78 is 73.2. The van der Waals surface area contributed by atoms with E-state index >= 15 is 0 Å². The van der Waals surface area contributed by atoms with Crippen molar-refractivity contribution in [3.8, 4) is 0 Å². The Morgan fingerprint density at radius 1 is 1.11 bits per heavy atom. The van der Waals surface area contributed by atoms with Crippen molar-refractivity contribution in [2.45, 2.75) is 12.4 Å². The van der Waals surface area contributed by atoms with Crippen LogP contribution >= 0.6 is 11.6 Å². The van der Waals surface area contributed by atoms with Crippen LogP contribution in [0.5, 0.6) is 0 Å². The predicted molar refractivity (Wildman–Crippen MR) is 51.3 cm³/mol. The third kappa shape index (κ3) is 4.23. The molecule has 0 radical (unpaired) electrons. The average Bonchev–Trinajstić information content (AvgIpc) is 2.16. The molecule has 1 N–H and O–H groups in total. The first-order chi connectivity index (χ1) is 8.51. The molecule has 19 heavy (non-hydrogen) atoms. The molecule has 1 rings (SSSR count). The van der Waals surface area contributed by atoms with Crippen molar-refractivity contribution in [2.24, 2.45) is 5.92 Å². The monoisotopic (exact) mass is 307 g/mol. The molecule has 4 nitrogen and oxygen atoms in total. The van der Waals surface area contributed by atoms with Crippen LogP contribution in [0.25, 0.3) is 0 Å². The molecule has 11 heteroatoms. The Morgan fingerprint density at radius 3 is 2.00 bits per heavy atom. The largest absolute Gasteiger partial charge is 0.409 e. The zero-order valence-corrected chi connectivity index (χ0v) is 9.44. The van der Waals surface area contributed by atoms with Gasteiger partial charge in [-0.2, -0.15) is 26.3 Å². The number of nitrogens with one attached hydrogen (secondary N) is 1. The van der Waals surface area contributed by atoms with Gasteiger partial charge in [0.1, 0.15) is 5.15 Å². The number of rotatable bonds is 2. The van der Waals surface area contributed by atoms with Gasteiger partial charge >= 0.3 is 12.4 Å². The fourth-order valence-corrected chi connectivity index (χ4v) is 1.16. The van der Waals surface area contributed by atoms with Crippen LogP contribution in [0.1, 0.15) is 0 Å². The maximum atomic E-state index is 12.2. The van der Waals surface area contributed by atoms with E-state index in [1.807, 2.05) is 0 Å². The summed E-state index contributed by atoms with van der Waals surface area (Å²) in [5.41, 5.74) is 0. The topological polar surface area (TPSA) is 54.9 Å². The van der Waals surface area contributed by atoms with Crippen LogP contribution in [0, 0.1) is 5.92 Å². The van der Waals surface area contributed by atoms with Crippen LogP contribution in [0.2, 0.25) is 5.15 Å². The molecular formula is C8H4ClF6N3O. The molecule has 0 aliphatic heterocycles. The minimum Gasteiger partial charge on any atom is -0.309 e. The third-order valence-electron chi connectivity index (χ3n) is 1.79. The number of carbonyl (C=O) groups excluding carboxylic acids is 1. The van der Waals surface area contributed by atoms with Gasteiger partial charge < -0.3 is 5.32 Å². The third-order valence-corrected chi connectivity index (χ3v) is 1.98. The first kappa shape index (κ1) is 15.5. The molecule has 0 spiro atoms. The van der Waals surface area contributed by atoms with Crippen LogP contribution in [0.3, 0.4) is 0 Å². The number of hydrogen-bond donors (Lipinski definition) is 1. The van der Waals surface area contributed by atoms with E-state index in [9.17, 15) is 31.1 Å². The van der Waals surface area contributed by atoms with Crippen molar-refractivity contribution in [1.29, 1.82) is 0 Å². The standard InChI is InChI=1S/C8H4ClF6N3O/c9-3-1-17-4(2-16-3)18-6(19)5(7(10,11)12)8(13,14)15/h1-2,5H,(H,17,18,19). The van der Waals surface area contributed by atoms with E-state index in [1.165, 1.54) is 5.32 Å². The van der Waals surface area contributed by atoms with Gasteiger partial charge in [0.2, 0.25) is 11.8 Å². The first-order valence-corrected chi connectivity index (χ1v) is 4.81. The highest BCUT2D eigenvalue weighted by Crippen LogP contribution is 2.39. The van der Waals surface area contributed by atoms with E-state index in [-0.39, 0.29) is 5.15 Å². The zero-order valence-electron chi connectivity index (χ0n) is 8.68. The molecule has 1 heterocycles. The van der Waals surface area contributed by atoms with Crippen molar-refractivity contribution in [3.05, 3.63) is 17.5 Å². The molecule has 1 amide bonds. The second-order valence-electron chi connectivity index (χ2n) is 3.23. The number of anilines is 1. The Bertz CT molecular complexity index is 443. The van der Waals surface area contributed by atoms with E-state index in [2.05, 4.69) is 9.97 Å². The predicted octanol–water partition coefficient (Wildman–Crippen LogP) is 2.81. The second-order valence-corrected chi connectivity index (χ2v) is 3.62. The van der Waals surface area contributed by atoms with Crippen molar-refractivity contribution in [3.63, 3.8) is 0 Å². The molecule has 106 valence electrons. The van der Waals surface area contributed by atoms with Gasteiger partial charge in [-0.1, -0.05) is 11.6 Å². The number of halogens is 7. The van der Waals surface area contributed by atoms with Gasteiger partial charge in [-0.05, 0) is 0 Å². The maximum Gasteiger partial charge on any atom is 0.409 e. The highest BCUT2D eigenvalue weighted by atomic mass is 35.5. The summed E-state index contributed by atoms with van der Waals surface area (Å²) in [5, 5.41) is 1.23. The van der Waals surface area contributed by atoms with Crippen LogP contribution < -0.4 is 5.32 Å². The molecule has 0 atom stereocenters. The van der Waals surface area contributed by atoms with Gasteiger partial charge in [0, 0.05) is 0 Å². The lowest BCUT2D eigenvalue weighted by Crippen LogP contribution is -2.45. The van der Waals surface area contributed by atoms with Crippen molar-refractivity contribution >= 4 is 23.3 Å². The minimum absolute atomic E-state index is 0.138. The summed E-state index contributed by atoms with van der Waals surface area (Å²) in [4.78, 5) is 17.7. The minimum atomic E-state index is -5.76. The molecule has 0 fully saturated rings. The van der Waals surface area contributed by atoms with Crippen LogP contribution in [0.15, 0.2) is 12.4 Å². The van der Waals surface area contributed by atoms with E-state index in [0.29, 0.717) is 0 Å². The molecule has 0 aromatic carbocycles. The molecule has 0 aliphatic rings. The van der Waals surface area contributed by atoms with Gasteiger partial charge in [-0.15, -0.1) is 0 Å². The van der Waals surface area contributed by atoms with Crippen molar-refractivity contribution < 1.29 is 31.1 Å². The Kier molecular flexibility index (Phi) is 4.23. The smallest absolute Gasteiger partial charge is 0.309 e. The molecule has 0 saturated heterocycles. The van der Waals surface area contributed by atoms with Crippen molar-refractivity contribution in [1.82, 2.24) is 9.97 Å². The van der Waals surface area contributed by atoms with Crippen LogP contribution in [0.4, 0.5) is 32.2 Å². The molecule has 0 bridgehead atoms. The first-order valence-electron chi connectivity index (χ1n) is 4.43. The Labute approximate surface area is 106 Å². The number of alkyl halides is 6. The van der Waals surface area contributed by atoms with Gasteiger partial charge in [-0.25, -0.2) is 9.97 Å². The van der Waals surface area contributed by atoms with Gasteiger partial charge in [0.05, 0.1) is 12.4 Å².